The third-order valence-electron chi connectivity index (χ3n) is 6.83. The predicted octanol–water partition coefficient (Wildman–Crippen LogP) is 0.814. The molecule has 234 valence electrons. The Bertz CT molecular complexity index is 1070. The highest BCUT2D eigenvalue weighted by atomic mass is 16.6. The zero-order valence-corrected chi connectivity index (χ0v) is 24.2. The van der Waals surface area contributed by atoms with E-state index in [-0.39, 0.29) is 24.5 Å². The van der Waals surface area contributed by atoms with Gasteiger partial charge in [-0.05, 0) is 12.8 Å². The summed E-state index contributed by atoms with van der Waals surface area (Å²) >= 11 is 0. The molecule has 2 amide bonds. The minimum Gasteiger partial charge on any atom is -0.487 e. The molecule has 2 aliphatic rings. The van der Waals surface area contributed by atoms with E-state index in [1.807, 2.05) is 0 Å². The van der Waals surface area contributed by atoms with Gasteiger partial charge in [0, 0.05) is 31.9 Å². The predicted molar refractivity (Wildman–Crippen MR) is 156 cm³/mol. The largest absolute Gasteiger partial charge is 0.487 e. The Balaban J connectivity index is 1.26. The molecule has 3 rings (SSSR count). The van der Waals surface area contributed by atoms with Gasteiger partial charge in [0.15, 0.2) is 11.5 Å². The molecule has 0 spiro atoms. The lowest BCUT2D eigenvalue weighted by Crippen LogP contribution is -2.40. The molecule has 3 atom stereocenters. The summed E-state index contributed by atoms with van der Waals surface area (Å²) in [6.45, 7) is 4.42. The Morgan fingerprint density at radius 3 is 1.88 bits per heavy atom. The van der Waals surface area contributed by atoms with Gasteiger partial charge in [-0.3, -0.25) is 14.9 Å². The molecule has 13 heteroatoms. The Hall–Kier alpha value is -3.20. The van der Waals surface area contributed by atoms with Crippen LogP contribution in [0.15, 0.2) is 36.4 Å². The molecule has 1 aromatic carbocycles. The van der Waals surface area contributed by atoms with Crippen LogP contribution in [0.25, 0.3) is 0 Å². The fourth-order valence-electron chi connectivity index (χ4n) is 4.60. The molecule has 1 fully saturated rings. The number of rotatable bonds is 22. The molecule has 0 bridgehead atoms. The van der Waals surface area contributed by atoms with Gasteiger partial charge in [-0.1, -0.05) is 24.3 Å². The van der Waals surface area contributed by atoms with Crippen molar-refractivity contribution >= 4 is 23.2 Å². The molecule has 7 N–H and O–H groups in total. The summed E-state index contributed by atoms with van der Waals surface area (Å²) in [5, 5.41) is 2.42. The summed E-state index contributed by atoms with van der Waals surface area (Å²) in [5.41, 5.74) is 18.0. The fourth-order valence-corrected chi connectivity index (χ4v) is 4.60. The number of anilines is 2. The van der Waals surface area contributed by atoms with Crippen LogP contribution in [0.4, 0.5) is 11.4 Å². The first-order valence-electron chi connectivity index (χ1n) is 14.1. The van der Waals surface area contributed by atoms with E-state index < -0.39 is 11.3 Å². The maximum absolute atomic E-state index is 12.5. The number of nitrogen functional groups attached to an aromatic ring is 2. The highest BCUT2D eigenvalue weighted by molar-refractivity contribution is 6.09. The quantitative estimate of drug-likeness (QED) is 0.0844. The minimum atomic E-state index is -0.915. The second-order valence-electron chi connectivity index (χ2n) is 9.90. The van der Waals surface area contributed by atoms with Crippen LogP contribution in [-0.4, -0.2) is 97.6 Å². The van der Waals surface area contributed by atoms with Crippen molar-refractivity contribution in [2.24, 2.45) is 17.1 Å². The van der Waals surface area contributed by atoms with Gasteiger partial charge < -0.3 is 50.4 Å². The van der Waals surface area contributed by atoms with Crippen molar-refractivity contribution in [1.29, 1.82) is 0 Å². The summed E-state index contributed by atoms with van der Waals surface area (Å²) in [6.07, 6.45) is 8.01. The summed E-state index contributed by atoms with van der Waals surface area (Å²) < 4.78 is 38.6. The zero-order chi connectivity index (χ0) is 30.2. The number of amides is 2. The van der Waals surface area contributed by atoms with E-state index in [4.69, 9.17) is 50.4 Å². The number of fused-ring (bicyclic) bond motifs is 1. The summed E-state index contributed by atoms with van der Waals surface area (Å²) in [5.74, 6) is -0.168. The number of nitrogens with one attached hydrogen (secondary N) is 1. The summed E-state index contributed by atoms with van der Waals surface area (Å²) in [7, 11) is 1.62. The van der Waals surface area contributed by atoms with Crippen LogP contribution in [0.2, 0.25) is 0 Å². The van der Waals surface area contributed by atoms with Crippen LogP contribution in [-0.2, 0) is 33.3 Å². The Morgan fingerprint density at radius 1 is 0.786 bits per heavy atom. The van der Waals surface area contributed by atoms with E-state index in [0.29, 0.717) is 102 Å². The molecular weight excluding hydrogens is 548 g/mol. The number of carbonyl (C=O) groups excluding carboxylic acids is 2. The first kappa shape index (κ1) is 33.3. The van der Waals surface area contributed by atoms with E-state index in [1.54, 1.807) is 43.5 Å². The molecule has 42 heavy (non-hydrogen) atoms. The second-order valence-corrected chi connectivity index (χ2v) is 9.90. The van der Waals surface area contributed by atoms with Gasteiger partial charge in [-0.2, -0.15) is 0 Å². The van der Waals surface area contributed by atoms with Gasteiger partial charge in [0.2, 0.25) is 11.8 Å². The van der Waals surface area contributed by atoms with Crippen LogP contribution >= 0.6 is 0 Å². The first-order chi connectivity index (χ1) is 20.4. The molecule has 1 aromatic rings. The van der Waals surface area contributed by atoms with E-state index >= 15 is 0 Å². The number of hydrogen-bond donors (Lipinski definition) is 4. The molecule has 0 saturated carbocycles. The lowest BCUT2D eigenvalue weighted by atomic mass is 9.70. The molecule has 13 nitrogen and oxygen atoms in total. The molecule has 1 heterocycles. The Labute approximate surface area is 246 Å². The van der Waals surface area contributed by atoms with Crippen LogP contribution in [0, 0.1) is 11.3 Å². The fraction of sp³-hybridized carbons (Fsp3) is 0.586. The third-order valence-corrected chi connectivity index (χ3v) is 6.83. The average Bonchev–Trinajstić information content (AvgIpc) is 3.22. The number of carbonyl (C=O) groups is 2. The van der Waals surface area contributed by atoms with Crippen LogP contribution in [0.5, 0.6) is 11.5 Å². The van der Waals surface area contributed by atoms with Gasteiger partial charge in [-0.25, -0.2) is 0 Å². The minimum absolute atomic E-state index is 0.270. The van der Waals surface area contributed by atoms with Crippen molar-refractivity contribution in [1.82, 2.24) is 5.32 Å². The van der Waals surface area contributed by atoms with E-state index in [2.05, 4.69) is 5.32 Å². The van der Waals surface area contributed by atoms with E-state index in [0.717, 1.165) is 0 Å². The average molecular weight is 593 g/mol. The number of benzene rings is 1. The van der Waals surface area contributed by atoms with Crippen molar-refractivity contribution in [2.45, 2.75) is 18.9 Å². The number of methoxy groups -OCH3 is 1. The summed E-state index contributed by atoms with van der Waals surface area (Å²) in [4.78, 5) is 24.6. The molecule has 0 radical (unpaired) electrons. The maximum Gasteiger partial charge on any atom is 0.237 e. The van der Waals surface area contributed by atoms with Gasteiger partial charge in [0.25, 0.3) is 0 Å². The van der Waals surface area contributed by atoms with Crippen LogP contribution in [0.3, 0.4) is 0 Å². The van der Waals surface area contributed by atoms with Crippen molar-refractivity contribution in [2.75, 3.05) is 91.3 Å². The molecule has 0 aromatic heterocycles. The number of nitrogens with two attached hydrogens (primary N) is 3. The Morgan fingerprint density at radius 2 is 1.31 bits per heavy atom. The van der Waals surface area contributed by atoms with Crippen LogP contribution < -0.4 is 32.0 Å². The lowest BCUT2D eigenvalue weighted by molar-refractivity contribution is -0.127. The van der Waals surface area contributed by atoms with Gasteiger partial charge in [0.1, 0.15) is 13.2 Å². The highest BCUT2D eigenvalue weighted by Gasteiger charge is 2.53. The topological polar surface area (TPSA) is 189 Å². The van der Waals surface area contributed by atoms with E-state index in [1.165, 1.54) is 0 Å². The monoisotopic (exact) mass is 592 g/mol. The third kappa shape index (κ3) is 9.96. The van der Waals surface area contributed by atoms with Gasteiger partial charge in [-0.15, -0.1) is 0 Å². The van der Waals surface area contributed by atoms with Crippen molar-refractivity contribution in [3.8, 4) is 11.5 Å². The smallest absolute Gasteiger partial charge is 0.237 e. The lowest BCUT2D eigenvalue weighted by Gasteiger charge is -2.30. The molecule has 1 saturated heterocycles. The molecule has 3 unspecified atom stereocenters. The van der Waals surface area contributed by atoms with Crippen molar-refractivity contribution < 1.29 is 42.7 Å². The van der Waals surface area contributed by atoms with Gasteiger partial charge >= 0.3 is 0 Å². The first-order valence-corrected chi connectivity index (χ1v) is 14.1. The van der Waals surface area contributed by atoms with Crippen LogP contribution in [0.1, 0.15) is 12.8 Å². The Kier molecular flexibility index (Phi) is 14.0. The second kappa shape index (κ2) is 17.7. The SMILES string of the molecule is COCCOCCOCCOc1cc(N)c(N)cc1OCCOCCOCCC(N)CC12C=CC=CC1C(=O)NC2=O. The number of allylic oxidation sites excluding steroid dienone is 2. The normalized spacial score (nSPS) is 20.0. The summed E-state index contributed by atoms with van der Waals surface area (Å²) in [6, 6.07) is 2.94. The number of ether oxygens (including phenoxy) is 7. The molecular formula is C29H44N4O9. The maximum atomic E-state index is 12.5. The van der Waals surface area contributed by atoms with E-state index in [9.17, 15) is 9.59 Å². The standard InChI is InChI=1S/C29H44N4O9/c1-36-8-9-38-12-13-40-15-17-42-26-19-24(32)23(31)18-25(26)41-16-14-39-11-10-37-7-5-21(30)20-29-6-3-2-4-22(29)27(34)33-28(29)35/h2-4,6,18-19,21-22H,5,7-17,20,30-32H2,1H3,(H,33,34,35). The highest BCUT2D eigenvalue weighted by Crippen LogP contribution is 2.42. The van der Waals surface area contributed by atoms with Crippen molar-refractivity contribution in [3.05, 3.63) is 36.4 Å². The number of hydrogen-bond acceptors (Lipinski definition) is 12. The molecule has 1 aliphatic heterocycles. The molecule has 1 aliphatic carbocycles. The van der Waals surface area contributed by atoms with Gasteiger partial charge in [0.05, 0.1) is 75.6 Å². The van der Waals surface area contributed by atoms with Crippen molar-refractivity contribution in [3.63, 3.8) is 0 Å². The number of imide groups is 1. The zero-order valence-electron chi connectivity index (χ0n) is 24.2.